The maximum absolute atomic E-state index is 13.6. The summed E-state index contributed by atoms with van der Waals surface area (Å²) in [5.74, 6) is 0.590. The molecule has 7 nitrogen and oxygen atoms in total. The summed E-state index contributed by atoms with van der Waals surface area (Å²) < 4.78 is 38.5. The summed E-state index contributed by atoms with van der Waals surface area (Å²) in [5.41, 5.74) is 1.87. The van der Waals surface area contributed by atoms with Gasteiger partial charge in [0.05, 0.1) is 25.7 Å². The van der Waals surface area contributed by atoms with Crippen LogP contribution in [-0.2, 0) is 21.4 Å². The van der Waals surface area contributed by atoms with Gasteiger partial charge in [-0.25, -0.2) is 8.42 Å². The first-order chi connectivity index (χ1) is 16.9. The van der Waals surface area contributed by atoms with E-state index in [9.17, 15) is 13.2 Å². The fraction of sp³-hybridized carbons (Fsp3) is 0.296. The molecular weight excluding hydrogens is 464 g/mol. The molecule has 1 heterocycles. The van der Waals surface area contributed by atoms with Crippen LogP contribution in [-0.4, -0.2) is 45.9 Å². The summed E-state index contributed by atoms with van der Waals surface area (Å²) >= 11 is 0. The van der Waals surface area contributed by atoms with Crippen LogP contribution in [0.15, 0.2) is 83.8 Å². The molecule has 0 N–H and O–H groups in total. The summed E-state index contributed by atoms with van der Waals surface area (Å²) in [7, 11) is -0.741. The fourth-order valence-corrected chi connectivity index (χ4v) is 5.85. The van der Waals surface area contributed by atoms with E-state index in [2.05, 4.69) is 0 Å². The topological polar surface area (TPSA) is 76.2 Å². The van der Waals surface area contributed by atoms with Crippen molar-refractivity contribution < 1.29 is 22.7 Å². The molecule has 3 aromatic carbocycles. The van der Waals surface area contributed by atoms with E-state index in [4.69, 9.17) is 9.47 Å². The van der Waals surface area contributed by atoms with Crippen LogP contribution in [0.5, 0.6) is 11.5 Å². The van der Waals surface area contributed by atoms with Crippen LogP contribution in [0.4, 0.5) is 5.69 Å². The van der Waals surface area contributed by atoms with Gasteiger partial charge < -0.3 is 14.4 Å². The number of sulfonamides is 1. The highest BCUT2D eigenvalue weighted by Gasteiger charge is 2.34. The van der Waals surface area contributed by atoms with E-state index in [-0.39, 0.29) is 29.8 Å². The maximum Gasteiger partial charge on any atom is 0.243 e. The molecule has 0 atom stereocenters. The van der Waals surface area contributed by atoms with Crippen molar-refractivity contribution in [3.63, 3.8) is 0 Å². The number of hydrogen-bond acceptors (Lipinski definition) is 5. The van der Waals surface area contributed by atoms with E-state index in [0.717, 1.165) is 11.3 Å². The monoisotopic (exact) mass is 494 g/mol. The highest BCUT2D eigenvalue weighted by molar-refractivity contribution is 7.89. The molecule has 3 aromatic rings. The van der Waals surface area contributed by atoms with E-state index < -0.39 is 10.0 Å². The van der Waals surface area contributed by atoms with Gasteiger partial charge in [-0.2, -0.15) is 4.31 Å². The number of anilines is 1. The third kappa shape index (κ3) is 5.49. The normalized spacial score (nSPS) is 14.9. The minimum Gasteiger partial charge on any atom is -0.493 e. The van der Waals surface area contributed by atoms with Crippen molar-refractivity contribution in [2.24, 2.45) is 5.92 Å². The number of carbonyl (C=O) groups excluding carboxylic acids is 1. The van der Waals surface area contributed by atoms with E-state index in [1.807, 2.05) is 60.7 Å². The number of para-hydroxylation sites is 1. The van der Waals surface area contributed by atoms with Gasteiger partial charge in [0.2, 0.25) is 15.9 Å². The molecule has 184 valence electrons. The first kappa shape index (κ1) is 24.8. The van der Waals surface area contributed by atoms with Gasteiger partial charge in [0.25, 0.3) is 0 Å². The van der Waals surface area contributed by atoms with E-state index >= 15 is 0 Å². The Labute approximate surface area is 206 Å². The van der Waals surface area contributed by atoms with Crippen LogP contribution in [0.2, 0.25) is 0 Å². The number of piperidine rings is 1. The maximum atomic E-state index is 13.6. The van der Waals surface area contributed by atoms with Gasteiger partial charge in [-0.1, -0.05) is 48.5 Å². The molecule has 35 heavy (non-hydrogen) atoms. The number of amides is 1. The summed E-state index contributed by atoms with van der Waals surface area (Å²) in [5, 5.41) is 0. The zero-order chi connectivity index (χ0) is 24.8. The summed E-state index contributed by atoms with van der Waals surface area (Å²) in [6.07, 6.45) is 0.924. The molecule has 1 fully saturated rings. The zero-order valence-corrected chi connectivity index (χ0v) is 20.8. The number of benzene rings is 3. The van der Waals surface area contributed by atoms with Crippen molar-refractivity contribution in [1.29, 1.82) is 0 Å². The Balaban J connectivity index is 1.49. The molecule has 0 aromatic heterocycles. The minimum absolute atomic E-state index is 0.0169. The molecule has 1 aliphatic heterocycles. The molecule has 4 rings (SSSR count). The number of methoxy groups -OCH3 is 2. The zero-order valence-electron chi connectivity index (χ0n) is 20.0. The first-order valence-electron chi connectivity index (χ1n) is 11.6. The van der Waals surface area contributed by atoms with Crippen molar-refractivity contribution >= 4 is 21.6 Å². The molecule has 1 amide bonds. The van der Waals surface area contributed by atoms with Crippen molar-refractivity contribution in [3.05, 3.63) is 84.4 Å². The van der Waals surface area contributed by atoms with Crippen LogP contribution < -0.4 is 14.4 Å². The molecule has 1 aliphatic rings. The van der Waals surface area contributed by atoms with Gasteiger partial charge in [-0.15, -0.1) is 0 Å². The molecule has 1 saturated heterocycles. The highest BCUT2D eigenvalue weighted by atomic mass is 32.2. The molecule has 0 saturated carbocycles. The Morgan fingerprint density at radius 2 is 1.49 bits per heavy atom. The standard InChI is InChI=1S/C27H30N2O5S/c1-33-25-14-13-24(19-26(25)34-2)35(31,32)28-17-15-22(16-18-28)27(30)29(23-11-7-4-8-12-23)20-21-9-5-3-6-10-21/h3-14,19,22H,15-18,20H2,1-2H3. The number of hydrogen-bond donors (Lipinski definition) is 0. The Bertz CT molecular complexity index is 1240. The smallest absolute Gasteiger partial charge is 0.243 e. The van der Waals surface area contributed by atoms with Crippen molar-refractivity contribution in [1.82, 2.24) is 4.31 Å². The molecule has 0 bridgehead atoms. The molecule has 8 heteroatoms. The summed E-state index contributed by atoms with van der Waals surface area (Å²) in [6.45, 7) is 1.02. The fourth-order valence-electron chi connectivity index (χ4n) is 4.36. The SMILES string of the molecule is COc1ccc(S(=O)(=O)N2CCC(C(=O)N(Cc3ccccc3)c3ccccc3)CC2)cc1OC. The Hall–Kier alpha value is -3.36. The second kappa shape index (κ2) is 10.9. The van der Waals surface area contributed by atoms with Crippen molar-refractivity contribution in [3.8, 4) is 11.5 Å². The average molecular weight is 495 g/mol. The number of rotatable bonds is 8. The van der Waals surface area contributed by atoms with E-state index in [1.165, 1.54) is 30.7 Å². The average Bonchev–Trinajstić information content (AvgIpc) is 2.92. The molecule has 0 radical (unpaired) electrons. The Morgan fingerprint density at radius 3 is 2.09 bits per heavy atom. The Morgan fingerprint density at radius 1 is 0.886 bits per heavy atom. The van der Waals surface area contributed by atoms with Crippen LogP contribution in [0.3, 0.4) is 0 Å². The Kier molecular flexibility index (Phi) is 7.73. The van der Waals surface area contributed by atoms with Gasteiger partial charge in [0.1, 0.15) is 0 Å². The second-order valence-electron chi connectivity index (χ2n) is 8.44. The lowest BCUT2D eigenvalue weighted by atomic mass is 9.96. The van der Waals surface area contributed by atoms with Crippen LogP contribution in [0, 0.1) is 5.92 Å². The van der Waals surface area contributed by atoms with Crippen molar-refractivity contribution in [2.45, 2.75) is 24.3 Å². The lowest BCUT2D eigenvalue weighted by Crippen LogP contribution is -2.44. The van der Waals surface area contributed by atoms with E-state index in [1.54, 1.807) is 11.0 Å². The predicted molar refractivity (Wildman–Crippen MR) is 135 cm³/mol. The molecule has 0 unspecified atom stereocenters. The van der Waals surface area contributed by atoms with Gasteiger partial charge in [0, 0.05) is 30.8 Å². The minimum atomic E-state index is -3.72. The first-order valence-corrected chi connectivity index (χ1v) is 13.0. The van der Waals surface area contributed by atoms with E-state index in [0.29, 0.717) is 30.9 Å². The number of ether oxygens (including phenoxy) is 2. The van der Waals surface area contributed by atoms with Gasteiger partial charge in [-0.3, -0.25) is 4.79 Å². The number of nitrogens with zero attached hydrogens (tertiary/aromatic N) is 2. The third-order valence-corrected chi connectivity index (χ3v) is 8.21. The summed E-state index contributed by atoms with van der Waals surface area (Å²) in [6, 6.07) is 24.1. The quantitative estimate of drug-likeness (QED) is 0.466. The molecule has 0 spiro atoms. The van der Waals surface area contributed by atoms with Crippen LogP contribution in [0.1, 0.15) is 18.4 Å². The summed E-state index contributed by atoms with van der Waals surface area (Å²) in [4.78, 5) is 15.6. The third-order valence-electron chi connectivity index (χ3n) is 6.31. The highest BCUT2D eigenvalue weighted by Crippen LogP contribution is 2.32. The van der Waals surface area contributed by atoms with Gasteiger partial charge in [-0.05, 0) is 42.7 Å². The van der Waals surface area contributed by atoms with Crippen LogP contribution >= 0.6 is 0 Å². The van der Waals surface area contributed by atoms with Crippen LogP contribution in [0.25, 0.3) is 0 Å². The number of carbonyl (C=O) groups is 1. The second-order valence-corrected chi connectivity index (χ2v) is 10.4. The lowest BCUT2D eigenvalue weighted by molar-refractivity contribution is -0.123. The van der Waals surface area contributed by atoms with Gasteiger partial charge >= 0.3 is 0 Å². The molecule has 0 aliphatic carbocycles. The largest absolute Gasteiger partial charge is 0.493 e. The van der Waals surface area contributed by atoms with Crippen molar-refractivity contribution in [2.75, 3.05) is 32.2 Å². The van der Waals surface area contributed by atoms with Gasteiger partial charge in [0.15, 0.2) is 11.5 Å². The lowest BCUT2D eigenvalue weighted by Gasteiger charge is -2.34. The predicted octanol–water partition coefficient (Wildman–Crippen LogP) is 4.34. The molecular formula is C27H30N2O5S.